The van der Waals surface area contributed by atoms with Crippen LogP contribution in [0.2, 0.25) is 0 Å². The molecule has 0 amide bonds. The van der Waals surface area contributed by atoms with E-state index in [4.69, 9.17) is 10.2 Å². The number of nitrogen functional groups attached to an aromatic ring is 1. The molecule has 2 N–H and O–H groups in total. The average Bonchev–Trinajstić information content (AvgIpc) is 2.74. The Morgan fingerprint density at radius 3 is 2.88 bits per heavy atom. The van der Waals surface area contributed by atoms with Crippen LogP contribution in [0.5, 0.6) is 0 Å². The fourth-order valence-corrected chi connectivity index (χ4v) is 1.94. The molecule has 84 valence electrons. The highest BCUT2D eigenvalue weighted by Gasteiger charge is 2.07. The van der Waals surface area contributed by atoms with Gasteiger partial charge in [-0.15, -0.1) is 0 Å². The lowest BCUT2D eigenvalue weighted by atomic mass is 10.2. The molecule has 1 aromatic carbocycles. The second-order valence-corrected chi connectivity index (χ2v) is 4.61. The van der Waals surface area contributed by atoms with Gasteiger partial charge >= 0.3 is 0 Å². The maximum Gasteiger partial charge on any atom is 0.0952 e. The molecule has 2 rings (SSSR count). The lowest BCUT2D eigenvalue weighted by Gasteiger charge is -2.20. The maximum atomic E-state index is 5.93. The number of nitrogens with two attached hydrogens (primary N) is 1. The Bertz CT molecular complexity index is 468. The smallest absolute Gasteiger partial charge is 0.0952 e. The van der Waals surface area contributed by atoms with Gasteiger partial charge in [-0.25, -0.2) is 0 Å². The van der Waals surface area contributed by atoms with Crippen molar-refractivity contribution in [3.63, 3.8) is 0 Å². The van der Waals surface area contributed by atoms with Gasteiger partial charge in [-0.1, -0.05) is 15.9 Å². The predicted molar refractivity (Wildman–Crippen MR) is 69.4 cm³/mol. The van der Waals surface area contributed by atoms with Gasteiger partial charge in [0.15, 0.2) is 0 Å². The van der Waals surface area contributed by atoms with Crippen molar-refractivity contribution in [1.82, 2.24) is 0 Å². The maximum absolute atomic E-state index is 5.93. The zero-order valence-corrected chi connectivity index (χ0v) is 10.6. The molecule has 0 aliphatic rings. The van der Waals surface area contributed by atoms with E-state index in [-0.39, 0.29) is 0 Å². The number of furan rings is 1. The van der Waals surface area contributed by atoms with Gasteiger partial charge in [0.25, 0.3) is 0 Å². The minimum Gasteiger partial charge on any atom is -0.472 e. The molecule has 0 aliphatic carbocycles. The van der Waals surface area contributed by atoms with E-state index in [9.17, 15) is 0 Å². The van der Waals surface area contributed by atoms with Gasteiger partial charge in [-0.05, 0) is 24.3 Å². The molecule has 0 spiro atoms. The molecule has 0 bridgehead atoms. The quantitative estimate of drug-likeness (QED) is 0.878. The van der Waals surface area contributed by atoms with Crippen molar-refractivity contribution in [3.8, 4) is 0 Å². The number of hydrogen-bond acceptors (Lipinski definition) is 3. The summed E-state index contributed by atoms with van der Waals surface area (Å²) in [5, 5.41) is 0. The van der Waals surface area contributed by atoms with Crippen LogP contribution in [0.15, 0.2) is 45.7 Å². The molecule has 0 fully saturated rings. The summed E-state index contributed by atoms with van der Waals surface area (Å²) >= 11 is 3.44. The van der Waals surface area contributed by atoms with Crippen molar-refractivity contribution in [2.24, 2.45) is 0 Å². The molecular formula is C12H13BrN2O. The highest BCUT2D eigenvalue weighted by Crippen LogP contribution is 2.27. The molecule has 3 nitrogen and oxygen atoms in total. The highest BCUT2D eigenvalue weighted by molar-refractivity contribution is 9.10. The second kappa shape index (κ2) is 4.61. The molecule has 1 heterocycles. The predicted octanol–water partition coefficient (Wildman–Crippen LogP) is 3.26. The molecular weight excluding hydrogens is 268 g/mol. The van der Waals surface area contributed by atoms with Crippen LogP contribution in [0, 0.1) is 0 Å². The number of halogens is 1. The van der Waals surface area contributed by atoms with Gasteiger partial charge in [0.1, 0.15) is 0 Å². The van der Waals surface area contributed by atoms with E-state index in [1.54, 1.807) is 12.5 Å². The molecule has 0 unspecified atom stereocenters. The van der Waals surface area contributed by atoms with E-state index in [0.717, 1.165) is 28.0 Å². The first-order valence-electron chi connectivity index (χ1n) is 4.94. The van der Waals surface area contributed by atoms with Crippen LogP contribution in [-0.2, 0) is 6.54 Å². The van der Waals surface area contributed by atoms with E-state index < -0.39 is 0 Å². The Hall–Kier alpha value is -1.42. The summed E-state index contributed by atoms with van der Waals surface area (Å²) in [6.07, 6.45) is 3.41. The summed E-state index contributed by atoms with van der Waals surface area (Å²) in [7, 11) is 2.01. The molecule has 4 heteroatoms. The minimum atomic E-state index is 0.772. The van der Waals surface area contributed by atoms with Crippen LogP contribution in [0.3, 0.4) is 0 Å². The van der Waals surface area contributed by atoms with E-state index in [1.807, 2.05) is 31.3 Å². The lowest BCUT2D eigenvalue weighted by molar-refractivity contribution is 0.563. The number of hydrogen-bond donors (Lipinski definition) is 1. The number of nitrogens with zero attached hydrogens (tertiary/aromatic N) is 1. The van der Waals surface area contributed by atoms with Crippen LogP contribution in [0.25, 0.3) is 0 Å². The normalized spacial score (nSPS) is 10.4. The van der Waals surface area contributed by atoms with Gasteiger partial charge in [-0.2, -0.15) is 0 Å². The molecule has 0 saturated carbocycles. The van der Waals surface area contributed by atoms with Gasteiger partial charge in [-0.3, -0.25) is 0 Å². The Kier molecular flexibility index (Phi) is 3.19. The van der Waals surface area contributed by atoms with Crippen molar-refractivity contribution < 1.29 is 4.42 Å². The Morgan fingerprint density at radius 2 is 2.19 bits per heavy atom. The zero-order valence-electron chi connectivity index (χ0n) is 8.98. The molecule has 0 radical (unpaired) electrons. The van der Waals surface area contributed by atoms with Crippen molar-refractivity contribution >= 4 is 27.3 Å². The number of rotatable bonds is 3. The minimum absolute atomic E-state index is 0.772. The zero-order chi connectivity index (χ0) is 11.5. The second-order valence-electron chi connectivity index (χ2n) is 3.69. The molecule has 1 aromatic heterocycles. The molecule has 16 heavy (non-hydrogen) atoms. The summed E-state index contributed by atoms with van der Waals surface area (Å²) < 4.78 is 6.06. The summed E-state index contributed by atoms with van der Waals surface area (Å²) in [6, 6.07) is 7.79. The van der Waals surface area contributed by atoms with Crippen LogP contribution >= 0.6 is 15.9 Å². The average molecular weight is 281 g/mol. The molecule has 0 atom stereocenters. The van der Waals surface area contributed by atoms with E-state index in [2.05, 4.69) is 20.8 Å². The largest absolute Gasteiger partial charge is 0.472 e. The van der Waals surface area contributed by atoms with Crippen LogP contribution < -0.4 is 10.6 Å². The van der Waals surface area contributed by atoms with Crippen molar-refractivity contribution in [2.75, 3.05) is 17.7 Å². The van der Waals surface area contributed by atoms with Crippen molar-refractivity contribution in [1.29, 1.82) is 0 Å². The van der Waals surface area contributed by atoms with Crippen molar-refractivity contribution in [2.45, 2.75) is 6.54 Å². The Labute approximate surface area is 103 Å². The summed E-state index contributed by atoms with van der Waals surface area (Å²) in [5.74, 6) is 0. The van der Waals surface area contributed by atoms with E-state index in [0.29, 0.717) is 0 Å². The summed E-state index contributed by atoms with van der Waals surface area (Å²) in [5.41, 5.74) is 8.84. The third-order valence-corrected chi connectivity index (χ3v) is 2.90. The van der Waals surface area contributed by atoms with Gasteiger partial charge in [0.2, 0.25) is 0 Å². The first-order valence-corrected chi connectivity index (χ1v) is 5.73. The Morgan fingerprint density at radius 1 is 1.38 bits per heavy atom. The standard InChI is InChI=1S/C12H13BrN2O/c1-15(7-9-4-5-16-8-9)12-6-10(13)2-3-11(12)14/h2-6,8H,7,14H2,1H3. The third-order valence-electron chi connectivity index (χ3n) is 2.40. The van der Waals surface area contributed by atoms with Crippen LogP contribution in [0.4, 0.5) is 11.4 Å². The summed E-state index contributed by atoms with van der Waals surface area (Å²) in [6.45, 7) is 0.775. The number of benzene rings is 1. The van der Waals surface area contributed by atoms with E-state index in [1.165, 1.54) is 0 Å². The topological polar surface area (TPSA) is 42.4 Å². The fraction of sp³-hybridized carbons (Fsp3) is 0.167. The Balaban J connectivity index is 2.20. The fourth-order valence-electron chi connectivity index (χ4n) is 1.59. The molecule has 0 aliphatic heterocycles. The SMILES string of the molecule is CN(Cc1ccoc1)c1cc(Br)ccc1N. The molecule has 0 saturated heterocycles. The first kappa shape index (κ1) is 11.1. The number of anilines is 2. The molecule has 2 aromatic rings. The third kappa shape index (κ3) is 2.39. The van der Waals surface area contributed by atoms with Crippen LogP contribution in [-0.4, -0.2) is 7.05 Å². The van der Waals surface area contributed by atoms with Gasteiger partial charge < -0.3 is 15.1 Å². The van der Waals surface area contributed by atoms with Crippen LogP contribution in [0.1, 0.15) is 5.56 Å². The highest BCUT2D eigenvalue weighted by atomic mass is 79.9. The monoisotopic (exact) mass is 280 g/mol. The van der Waals surface area contributed by atoms with Gasteiger partial charge in [0, 0.05) is 23.6 Å². The first-order chi connectivity index (χ1) is 7.66. The van der Waals surface area contributed by atoms with Crippen molar-refractivity contribution in [3.05, 3.63) is 46.8 Å². The van der Waals surface area contributed by atoms with Gasteiger partial charge in [0.05, 0.1) is 23.9 Å². The van der Waals surface area contributed by atoms with E-state index >= 15 is 0 Å². The lowest BCUT2D eigenvalue weighted by Crippen LogP contribution is -2.17. The summed E-state index contributed by atoms with van der Waals surface area (Å²) in [4.78, 5) is 2.09.